The number of aromatic nitrogens is 2. The van der Waals surface area contributed by atoms with Gasteiger partial charge >= 0.3 is 6.03 Å². The Balaban J connectivity index is 1.35. The third-order valence-electron chi connectivity index (χ3n) is 7.41. The van der Waals surface area contributed by atoms with Gasteiger partial charge in [-0.1, -0.05) is 23.7 Å². The summed E-state index contributed by atoms with van der Waals surface area (Å²) in [5.74, 6) is 0.180. The van der Waals surface area contributed by atoms with Crippen LogP contribution in [-0.2, 0) is 21.5 Å². The van der Waals surface area contributed by atoms with E-state index in [0.717, 1.165) is 5.56 Å². The SMILES string of the molecule is CC(=O)NC1COCC1Nc1ncc2c(n1)N(C)C(=O)N(c1cc(C(=O)Nc3cccc(C(C)(C)C#N)c3)ccc1Cl)C2. The molecular weight excluding hydrogens is 572 g/mol. The van der Waals surface area contributed by atoms with Crippen molar-refractivity contribution in [3.05, 3.63) is 70.4 Å². The van der Waals surface area contributed by atoms with E-state index in [1.54, 1.807) is 63.5 Å². The normalized spacial score (nSPS) is 18.1. The quantitative estimate of drug-likeness (QED) is 0.366. The Morgan fingerprint density at radius 1 is 1.16 bits per heavy atom. The molecule has 3 aromatic rings. The summed E-state index contributed by atoms with van der Waals surface area (Å²) in [7, 11) is 1.60. The highest BCUT2D eigenvalue weighted by Gasteiger charge is 2.34. The highest BCUT2D eigenvalue weighted by Crippen LogP contribution is 2.35. The number of nitrogens with one attached hydrogen (secondary N) is 3. The number of halogens is 1. The molecule has 0 bridgehead atoms. The first kappa shape index (κ1) is 29.8. The van der Waals surface area contributed by atoms with Crippen molar-refractivity contribution in [3.8, 4) is 6.07 Å². The fourth-order valence-corrected chi connectivity index (χ4v) is 5.17. The van der Waals surface area contributed by atoms with Crippen LogP contribution in [0.3, 0.4) is 0 Å². The molecule has 2 aliphatic heterocycles. The number of anilines is 4. The maximum absolute atomic E-state index is 13.5. The second-order valence-corrected chi connectivity index (χ2v) is 11.4. The molecule has 1 fully saturated rings. The zero-order valence-electron chi connectivity index (χ0n) is 24.1. The molecule has 0 radical (unpaired) electrons. The number of benzene rings is 2. The molecular formula is C30H31ClN8O4. The second kappa shape index (κ2) is 11.9. The number of hydrogen-bond acceptors (Lipinski definition) is 8. The molecule has 2 aromatic carbocycles. The number of rotatable bonds is 7. The van der Waals surface area contributed by atoms with Gasteiger partial charge in [-0.3, -0.25) is 19.4 Å². The summed E-state index contributed by atoms with van der Waals surface area (Å²) in [5, 5.41) is 18.7. The molecule has 5 rings (SSSR count). The van der Waals surface area contributed by atoms with Gasteiger partial charge in [-0.05, 0) is 49.7 Å². The van der Waals surface area contributed by atoms with Crippen LogP contribution < -0.4 is 25.8 Å². The third kappa shape index (κ3) is 6.23. The van der Waals surface area contributed by atoms with Gasteiger partial charge in [0.15, 0.2) is 0 Å². The molecule has 2 unspecified atom stereocenters. The van der Waals surface area contributed by atoms with Crippen LogP contribution in [0.5, 0.6) is 0 Å². The molecule has 2 atom stereocenters. The maximum Gasteiger partial charge on any atom is 0.330 e. The minimum Gasteiger partial charge on any atom is -0.377 e. The van der Waals surface area contributed by atoms with E-state index in [-0.39, 0.29) is 30.6 Å². The van der Waals surface area contributed by atoms with E-state index >= 15 is 0 Å². The Kier molecular flexibility index (Phi) is 8.21. The van der Waals surface area contributed by atoms with Gasteiger partial charge in [-0.2, -0.15) is 10.2 Å². The average molecular weight is 603 g/mol. The first-order valence-corrected chi connectivity index (χ1v) is 14.0. The zero-order valence-corrected chi connectivity index (χ0v) is 24.9. The molecule has 0 saturated carbocycles. The van der Waals surface area contributed by atoms with Gasteiger partial charge in [-0.25, -0.2) is 9.78 Å². The lowest BCUT2D eigenvalue weighted by molar-refractivity contribution is -0.119. The fourth-order valence-electron chi connectivity index (χ4n) is 4.95. The number of hydrogen-bond donors (Lipinski definition) is 3. The number of carbonyl (C=O) groups excluding carboxylic acids is 3. The molecule has 1 aromatic heterocycles. The number of fused-ring (bicyclic) bond motifs is 1. The van der Waals surface area contributed by atoms with Gasteiger partial charge in [-0.15, -0.1) is 0 Å². The number of urea groups is 1. The van der Waals surface area contributed by atoms with Crippen LogP contribution in [0.2, 0.25) is 5.02 Å². The van der Waals surface area contributed by atoms with E-state index in [1.165, 1.54) is 16.7 Å². The van der Waals surface area contributed by atoms with Gasteiger partial charge < -0.3 is 20.7 Å². The summed E-state index contributed by atoms with van der Waals surface area (Å²) in [6.45, 7) is 5.94. The van der Waals surface area contributed by atoms with Crippen molar-refractivity contribution in [1.29, 1.82) is 5.26 Å². The first-order valence-electron chi connectivity index (χ1n) is 13.6. The van der Waals surface area contributed by atoms with E-state index < -0.39 is 11.3 Å². The van der Waals surface area contributed by atoms with E-state index in [2.05, 4.69) is 32.0 Å². The Labute approximate surface area is 254 Å². The summed E-state index contributed by atoms with van der Waals surface area (Å²) in [4.78, 5) is 50.1. The average Bonchev–Trinajstić information content (AvgIpc) is 3.41. The molecule has 1 saturated heterocycles. The molecule has 2 aliphatic rings. The van der Waals surface area contributed by atoms with E-state index in [9.17, 15) is 19.6 Å². The van der Waals surface area contributed by atoms with Gasteiger partial charge in [0.2, 0.25) is 11.9 Å². The van der Waals surface area contributed by atoms with Crippen molar-refractivity contribution in [3.63, 3.8) is 0 Å². The van der Waals surface area contributed by atoms with Crippen LogP contribution >= 0.6 is 11.6 Å². The predicted molar refractivity (Wildman–Crippen MR) is 162 cm³/mol. The first-order chi connectivity index (χ1) is 20.5. The topological polar surface area (TPSA) is 153 Å². The van der Waals surface area contributed by atoms with E-state index in [4.69, 9.17) is 16.3 Å². The summed E-state index contributed by atoms with van der Waals surface area (Å²) >= 11 is 6.53. The lowest BCUT2D eigenvalue weighted by Gasteiger charge is -2.34. The van der Waals surface area contributed by atoms with E-state index in [1.807, 2.05) is 6.07 Å². The van der Waals surface area contributed by atoms with Gasteiger partial charge in [0, 0.05) is 37.0 Å². The second-order valence-electron chi connectivity index (χ2n) is 11.0. The van der Waals surface area contributed by atoms with Crippen LogP contribution in [-0.4, -0.2) is 60.2 Å². The van der Waals surface area contributed by atoms with Crippen molar-refractivity contribution < 1.29 is 19.1 Å². The third-order valence-corrected chi connectivity index (χ3v) is 7.73. The zero-order chi connectivity index (χ0) is 30.9. The van der Waals surface area contributed by atoms with Crippen molar-refractivity contribution in [2.45, 2.75) is 44.8 Å². The Bertz CT molecular complexity index is 1640. The van der Waals surface area contributed by atoms with Crippen molar-refractivity contribution in [2.75, 3.05) is 40.7 Å². The minimum atomic E-state index is -0.717. The molecule has 4 amide bonds. The monoisotopic (exact) mass is 602 g/mol. The van der Waals surface area contributed by atoms with Crippen LogP contribution in [0.25, 0.3) is 0 Å². The van der Waals surface area contributed by atoms with Gasteiger partial charge in [0.1, 0.15) is 5.82 Å². The van der Waals surface area contributed by atoms with Crippen molar-refractivity contribution in [1.82, 2.24) is 15.3 Å². The molecule has 3 heterocycles. The van der Waals surface area contributed by atoms with Gasteiger partial charge in [0.05, 0.1) is 54.0 Å². The molecule has 43 heavy (non-hydrogen) atoms. The minimum absolute atomic E-state index is 0.135. The molecule has 13 heteroatoms. The van der Waals surface area contributed by atoms with Gasteiger partial charge in [0.25, 0.3) is 5.91 Å². The summed E-state index contributed by atoms with van der Waals surface area (Å²) in [6.07, 6.45) is 1.63. The maximum atomic E-state index is 13.5. The number of nitriles is 1. The smallest absolute Gasteiger partial charge is 0.330 e. The lowest BCUT2D eigenvalue weighted by Crippen LogP contribution is -2.47. The Hall–Kier alpha value is -4.73. The summed E-state index contributed by atoms with van der Waals surface area (Å²) < 4.78 is 5.49. The highest BCUT2D eigenvalue weighted by atomic mass is 35.5. The summed E-state index contributed by atoms with van der Waals surface area (Å²) in [6, 6.07) is 13.3. The van der Waals surface area contributed by atoms with Crippen LogP contribution in [0.1, 0.15) is 42.3 Å². The molecule has 0 spiro atoms. The predicted octanol–water partition coefficient (Wildman–Crippen LogP) is 4.08. The number of ether oxygens (including phenoxy) is 1. The lowest BCUT2D eigenvalue weighted by atomic mass is 9.86. The highest BCUT2D eigenvalue weighted by molar-refractivity contribution is 6.34. The van der Waals surface area contributed by atoms with Crippen molar-refractivity contribution >= 4 is 52.6 Å². The van der Waals surface area contributed by atoms with Crippen LogP contribution in [0.4, 0.5) is 27.9 Å². The number of nitrogens with zero attached hydrogens (tertiary/aromatic N) is 5. The standard InChI is InChI=1S/C30H31ClN8O4/c1-17(40)34-23-14-43-15-24(23)36-28-33-12-19-13-39(29(42)38(4)26(19)37-28)25-10-18(8-9-22(25)31)27(41)35-21-7-5-6-20(11-21)30(2,3)16-32/h5-12,23-24H,13-15H2,1-4H3,(H,34,40)(H,35,41)(H,33,36,37). The fraction of sp³-hybridized carbons (Fsp3) is 0.333. The van der Waals surface area contributed by atoms with Crippen LogP contribution in [0, 0.1) is 11.3 Å². The van der Waals surface area contributed by atoms with Crippen LogP contribution in [0.15, 0.2) is 48.7 Å². The molecule has 222 valence electrons. The Morgan fingerprint density at radius 3 is 2.67 bits per heavy atom. The van der Waals surface area contributed by atoms with Crippen molar-refractivity contribution in [2.24, 2.45) is 0 Å². The number of carbonyl (C=O) groups is 3. The number of amides is 4. The molecule has 12 nitrogen and oxygen atoms in total. The van der Waals surface area contributed by atoms with E-state index in [0.29, 0.717) is 52.5 Å². The summed E-state index contributed by atoms with van der Waals surface area (Å²) in [5.41, 5.74) is 1.94. The Morgan fingerprint density at radius 2 is 1.93 bits per heavy atom. The molecule has 3 N–H and O–H groups in total. The largest absolute Gasteiger partial charge is 0.377 e. The molecule has 0 aliphatic carbocycles.